The van der Waals surface area contributed by atoms with Gasteiger partial charge in [-0.2, -0.15) is 0 Å². The first-order chi connectivity index (χ1) is 7.29. The van der Waals surface area contributed by atoms with E-state index in [0.29, 0.717) is 0 Å². The molecule has 0 unspecified atom stereocenters. The molecule has 0 aliphatic carbocycles. The molecule has 0 heterocycles. The van der Waals surface area contributed by atoms with E-state index in [1.807, 2.05) is 0 Å². The van der Waals surface area contributed by atoms with Crippen molar-refractivity contribution in [3.05, 3.63) is 0 Å². The lowest BCUT2D eigenvalue weighted by molar-refractivity contribution is -0.137. The minimum absolute atomic E-state index is 0.146. The van der Waals surface area contributed by atoms with E-state index >= 15 is 0 Å². The van der Waals surface area contributed by atoms with Crippen LogP contribution in [-0.4, -0.2) is 37.3 Å². The first kappa shape index (κ1) is 21.5. The lowest BCUT2D eigenvalue weighted by Crippen LogP contribution is -2.15. The smallest absolute Gasteiger partial charge is 0.200 e. The summed E-state index contributed by atoms with van der Waals surface area (Å²) in [7, 11) is -1.64. The maximum Gasteiger partial charge on any atom is 0.200 e. The monoisotopic (exact) mass is 264 g/mol. The fourth-order valence-corrected chi connectivity index (χ4v) is 0.407. The molecule has 0 fully saturated rings. The van der Waals surface area contributed by atoms with Crippen LogP contribution in [-0.2, 0) is 18.9 Å². The Morgan fingerprint density at radius 2 is 1.06 bits per heavy atom. The highest BCUT2D eigenvalue weighted by molar-refractivity contribution is 7.61. The molecule has 102 valence electrons. The topological polar surface area (TPSA) is 68.3 Å². The zero-order valence-corrected chi connectivity index (χ0v) is 13.1. The molecule has 0 bridgehead atoms. The molecule has 0 aliphatic heterocycles. The van der Waals surface area contributed by atoms with Crippen molar-refractivity contribution in [1.29, 1.82) is 0 Å². The number of hydrogen-bond donors (Lipinski definition) is 0. The summed E-state index contributed by atoms with van der Waals surface area (Å²) >= 11 is 0. The van der Waals surface area contributed by atoms with Gasteiger partial charge in [0.1, 0.15) is 5.78 Å². The van der Waals surface area contributed by atoms with Crippen molar-refractivity contribution in [3.8, 4) is 0 Å². The van der Waals surface area contributed by atoms with Crippen LogP contribution in [0.2, 0.25) is 0 Å². The molecule has 4 nitrogen and oxygen atoms in total. The van der Waals surface area contributed by atoms with Crippen molar-refractivity contribution in [2.24, 2.45) is 5.92 Å². The van der Waals surface area contributed by atoms with Crippen LogP contribution in [0, 0.1) is 5.92 Å². The van der Waals surface area contributed by atoms with Crippen LogP contribution in [0.3, 0.4) is 0 Å². The van der Waals surface area contributed by atoms with Gasteiger partial charge < -0.3 is 9.36 Å². The third kappa shape index (κ3) is 51.0. The maximum absolute atomic E-state index is 10.5. The zero-order chi connectivity index (χ0) is 14.8. The van der Waals surface area contributed by atoms with Gasteiger partial charge >= 0.3 is 0 Å². The van der Waals surface area contributed by atoms with Gasteiger partial charge in [-0.1, -0.05) is 13.8 Å². The number of ketones is 3. The van der Waals surface area contributed by atoms with Gasteiger partial charge in [0, 0.05) is 12.8 Å². The Balaban J connectivity index is -0.000000188. The molecule has 0 radical (unpaired) electrons. The predicted molar refractivity (Wildman–Crippen MR) is 72.3 cm³/mol. The molecule has 17 heavy (non-hydrogen) atoms. The third-order valence-electron chi connectivity index (χ3n) is 0.871. The van der Waals surface area contributed by atoms with Gasteiger partial charge in [0.25, 0.3) is 0 Å². The van der Waals surface area contributed by atoms with Crippen molar-refractivity contribution in [2.75, 3.05) is 20.0 Å². The van der Waals surface area contributed by atoms with Crippen LogP contribution in [0.25, 0.3) is 0 Å². The quantitative estimate of drug-likeness (QED) is 0.568. The highest BCUT2D eigenvalue weighted by Crippen LogP contribution is 2.28. The van der Waals surface area contributed by atoms with Crippen LogP contribution in [0.5, 0.6) is 0 Å². The summed E-state index contributed by atoms with van der Waals surface area (Å²) < 4.78 is 10.2. The highest BCUT2D eigenvalue weighted by Gasteiger charge is 2.10. The SMILES string of the molecule is CC(=O)C(=O)C(C)C.CC(C)=O.CP(C)(C)=O. The molecular weight excluding hydrogens is 239 g/mol. The fraction of sp³-hybridized carbons (Fsp3) is 0.750. The third-order valence-corrected chi connectivity index (χ3v) is 0.871. The Hall–Kier alpha value is -0.760. The van der Waals surface area contributed by atoms with Crippen molar-refractivity contribution < 1.29 is 18.9 Å². The van der Waals surface area contributed by atoms with E-state index in [1.165, 1.54) is 20.8 Å². The molecule has 0 N–H and O–H groups in total. The Bertz CT molecular complexity index is 287. The molecule has 0 atom stereocenters. The van der Waals surface area contributed by atoms with Gasteiger partial charge in [-0.25, -0.2) is 0 Å². The fourth-order valence-electron chi connectivity index (χ4n) is 0.407. The summed E-state index contributed by atoms with van der Waals surface area (Å²) in [4.78, 5) is 30.2. The van der Waals surface area contributed by atoms with E-state index in [-0.39, 0.29) is 23.3 Å². The second-order valence-electron chi connectivity index (χ2n) is 4.87. The van der Waals surface area contributed by atoms with E-state index in [2.05, 4.69) is 0 Å². The van der Waals surface area contributed by atoms with Gasteiger partial charge in [0.05, 0.1) is 7.14 Å². The Morgan fingerprint density at radius 3 is 1.06 bits per heavy atom. The Kier molecular flexibility index (Phi) is 13.2. The number of Topliss-reactive ketones (excluding diaryl/α,β-unsaturated/α-hetero) is 3. The van der Waals surface area contributed by atoms with Crippen molar-refractivity contribution in [3.63, 3.8) is 0 Å². The molecule has 0 saturated carbocycles. The normalized spacial score (nSPS) is 9.47. The molecule has 0 amide bonds. The molecule has 0 saturated heterocycles. The van der Waals surface area contributed by atoms with Crippen LogP contribution in [0.15, 0.2) is 0 Å². The molecule has 0 aromatic rings. The van der Waals surface area contributed by atoms with E-state index in [9.17, 15) is 18.9 Å². The molecule has 0 aromatic heterocycles. The minimum Gasteiger partial charge on any atom is -0.324 e. The molecule has 5 heteroatoms. The largest absolute Gasteiger partial charge is 0.324 e. The van der Waals surface area contributed by atoms with Gasteiger partial charge in [-0.3, -0.25) is 9.59 Å². The molecule has 0 aromatic carbocycles. The van der Waals surface area contributed by atoms with Gasteiger partial charge in [-0.05, 0) is 33.8 Å². The van der Waals surface area contributed by atoms with Crippen LogP contribution < -0.4 is 0 Å². The lowest BCUT2D eigenvalue weighted by atomic mass is 10.1. The summed E-state index contributed by atoms with van der Waals surface area (Å²) in [5.74, 6) is -0.613. The first-order valence-corrected chi connectivity index (χ1v) is 8.38. The Labute approximate surface area is 105 Å². The highest BCUT2D eigenvalue weighted by atomic mass is 31.2. The summed E-state index contributed by atoms with van der Waals surface area (Å²) in [5, 5.41) is 0. The minimum atomic E-state index is -1.64. The van der Waals surface area contributed by atoms with E-state index < -0.39 is 7.14 Å². The van der Waals surface area contributed by atoms with Crippen molar-refractivity contribution in [2.45, 2.75) is 34.6 Å². The number of carbonyl (C=O) groups excluding carboxylic acids is 3. The second-order valence-corrected chi connectivity index (χ2v) is 8.65. The van der Waals surface area contributed by atoms with Crippen LogP contribution >= 0.6 is 7.14 Å². The average molecular weight is 264 g/mol. The number of carbonyl (C=O) groups is 3. The van der Waals surface area contributed by atoms with Crippen LogP contribution in [0.1, 0.15) is 34.6 Å². The molecular formula is C12H25O4P. The van der Waals surface area contributed by atoms with Gasteiger partial charge in [0.2, 0.25) is 5.78 Å². The van der Waals surface area contributed by atoms with Crippen molar-refractivity contribution >= 4 is 24.5 Å². The van der Waals surface area contributed by atoms with Crippen molar-refractivity contribution in [1.82, 2.24) is 0 Å². The van der Waals surface area contributed by atoms with E-state index in [1.54, 1.807) is 33.8 Å². The molecule has 0 aliphatic rings. The maximum atomic E-state index is 10.5. The molecule has 0 rings (SSSR count). The lowest BCUT2D eigenvalue weighted by Gasteiger charge is -1.95. The van der Waals surface area contributed by atoms with Gasteiger partial charge in [0.15, 0.2) is 5.78 Å². The number of rotatable bonds is 2. The van der Waals surface area contributed by atoms with E-state index in [0.717, 1.165) is 0 Å². The number of hydrogen-bond acceptors (Lipinski definition) is 4. The van der Waals surface area contributed by atoms with E-state index in [4.69, 9.17) is 0 Å². The predicted octanol–water partition coefficient (Wildman–Crippen LogP) is 2.63. The average Bonchev–Trinajstić information content (AvgIpc) is 1.97. The van der Waals surface area contributed by atoms with Gasteiger partial charge in [-0.15, -0.1) is 0 Å². The first-order valence-electron chi connectivity index (χ1n) is 5.33. The van der Waals surface area contributed by atoms with Crippen LogP contribution in [0.4, 0.5) is 0 Å². The summed E-state index contributed by atoms with van der Waals surface area (Å²) in [6.45, 7) is 13.0. The molecule has 0 spiro atoms. The Morgan fingerprint density at radius 1 is 0.882 bits per heavy atom. The standard InChI is InChI=1S/C6H10O2.C3H9OP.C3H6O/c1-4(2)6(8)5(3)7;1-5(2,3)4;1-3(2)4/h4H,1-3H3;1-3H3;1-2H3. The summed E-state index contributed by atoms with van der Waals surface area (Å²) in [5.41, 5.74) is 0. The second kappa shape index (κ2) is 10.4. The summed E-state index contributed by atoms with van der Waals surface area (Å²) in [6, 6.07) is 0. The zero-order valence-electron chi connectivity index (χ0n) is 12.2. The summed E-state index contributed by atoms with van der Waals surface area (Å²) in [6.07, 6.45) is 0.